The van der Waals surface area contributed by atoms with Crippen molar-refractivity contribution in [3.63, 3.8) is 0 Å². The number of halogens is 1. The van der Waals surface area contributed by atoms with Crippen molar-refractivity contribution in [2.45, 2.75) is 33.6 Å². The topological polar surface area (TPSA) is 131 Å². The smallest absolute Gasteiger partial charge is 0.287 e. The van der Waals surface area contributed by atoms with Crippen molar-refractivity contribution in [3.8, 4) is 34.5 Å². The van der Waals surface area contributed by atoms with Crippen molar-refractivity contribution < 1.29 is 19.1 Å². The molecule has 0 radical (unpaired) electrons. The first-order valence-corrected chi connectivity index (χ1v) is 14.5. The maximum Gasteiger partial charge on any atom is 0.287 e. The van der Waals surface area contributed by atoms with Crippen LogP contribution in [-0.2, 0) is 0 Å². The summed E-state index contributed by atoms with van der Waals surface area (Å²) in [5, 5.41) is 16.2. The fourth-order valence-corrected chi connectivity index (χ4v) is 5.02. The van der Waals surface area contributed by atoms with E-state index in [1.807, 2.05) is 25.1 Å². The van der Waals surface area contributed by atoms with E-state index in [0.29, 0.717) is 34.6 Å². The van der Waals surface area contributed by atoms with Gasteiger partial charge >= 0.3 is 0 Å². The second-order valence-electron chi connectivity index (χ2n) is 10.4. The van der Waals surface area contributed by atoms with Crippen LogP contribution in [0.15, 0.2) is 76.8 Å². The summed E-state index contributed by atoms with van der Waals surface area (Å²) in [5.41, 5.74) is 3.14. The minimum Gasteiger partial charge on any atom is -0.496 e. The molecule has 5 aromatic rings. The molecule has 0 bridgehead atoms. The zero-order valence-electron chi connectivity index (χ0n) is 25.3. The lowest BCUT2D eigenvalue weighted by molar-refractivity contribution is -0.385. The van der Waals surface area contributed by atoms with Crippen LogP contribution in [0, 0.1) is 17.0 Å². The number of methoxy groups -OCH3 is 1. The molecule has 0 atom stereocenters. The van der Waals surface area contributed by atoms with Crippen molar-refractivity contribution in [2.24, 2.45) is 5.10 Å². The molecule has 0 amide bonds. The van der Waals surface area contributed by atoms with Crippen LogP contribution in [0.4, 0.5) is 5.69 Å². The molecule has 45 heavy (non-hydrogen) atoms. The monoisotopic (exact) mass is 627 g/mol. The molecule has 5 rings (SSSR count). The molecule has 0 aliphatic carbocycles. The van der Waals surface area contributed by atoms with Gasteiger partial charge in [-0.15, -0.1) is 0 Å². The lowest BCUT2D eigenvalue weighted by Crippen LogP contribution is -2.20. The third kappa shape index (κ3) is 6.48. The molecule has 12 heteroatoms. The van der Waals surface area contributed by atoms with Gasteiger partial charge < -0.3 is 14.2 Å². The van der Waals surface area contributed by atoms with E-state index in [2.05, 4.69) is 23.9 Å². The maximum absolute atomic E-state index is 13.8. The van der Waals surface area contributed by atoms with Gasteiger partial charge in [0.2, 0.25) is 5.88 Å². The Morgan fingerprint density at radius 1 is 1.11 bits per heavy atom. The summed E-state index contributed by atoms with van der Waals surface area (Å²) in [7, 11) is 1.63. The van der Waals surface area contributed by atoms with Crippen LogP contribution in [0.1, 0.15) is 43.4 Å². The first-order valence-electron chi connectivity index (χ1n) is 14.1. The summed E-state index contributed by atoms with van der Waals surface area (Å²) in [6.07, 6.45) is 2.58. The van der Waals surface area contributed by atoms with Gasteiger partial charge in [-0.25, -0.2) is 9.97 Å². The van der Waals surface area contributed by atoms with E-state index in [0.717, 1.165) is 28.6 Å². The summed E-state index contributed by atoms with van der Waals surface area (Å²) in [6, 6.07) is 17.0. The molecule has 2 aromatic heterocycles. The summed E-state index contributed by atoms with van der Waals surface area (Å²) < 4.78 is 18.5. The lowest BCUT2D eigenvalue weighted by Gasteiger charge is -2.17. The Balaban J connectivity index is 1.61. The molecule has 11 nitrogen and oxygen atoms in total. The average molecular weight is 628 g/mol. The molecule has 0 unspecified atom stereocenters. The van der Waals surface area contributed by atoms with Gasteiger partial charge in [-0.2, -0.15) is 9.78 Å². The molecular weight excluding hydrogens is 598 g/mol. The van der Waals surface area contributed by atoms with Gasteiger partial charge in [-0.3, -0.25) is 14.9 Å². The summed E-state index contributed by atoms with van der Waals surface area (Å²) in [6.45, 7) is 8.18. The second-order valence-corrected chi connectivity index (χ2v) is 10.8. The zero-order chi connectivity index (χ0) is 32.2. The van der Waals surface area contributed by atoms with E-state index in [-0.39, 0.29) is 33.8 Å². The molecule has 2 heterocycles. The van der Waals surface area contributed by atoms with Crippen LogP contribution in [0.3, 0.4) is 0 Å². The molecule has 0 spiro atoms. The summed E-state index contributed by atoms with van der Waals surface area (Å²) in [5.74, 6) is 1.86. The number of ether oxygens (including phenoxy) is 3. The predicted molar refractivity (Wildman–Crippen MR) is 173 cm³/mol. The van der Waals surface area contributed by atoms with Gasteiger partial charge in [0.15, 0.2) is 17.3 Å². The molecule has 230 valence electrons. The van der Waals surface area contributed by atoms with Crippen LogP contribution >= 0.6 is 11.6 Å². The highest BCUT2D eigenvalue weighted by Crippen LogP contribution is 2.39. The van der Waals surface area contributed by atoms with Crippen molar-refractivity contribution in [1.82, 2.24) is 14.6 Å². The minimum absolute atomic E-state index is 0.0962. The molecule has 0 aliphatic rings. The van der Waals surface area contributed by atoms with E-state index in [4.69, 9.17) is 30.8 Å². The fraction of sp³-hybridized carbons (Fsp3) is 0.212. The Labute approximate surface area is 263 Å². The van der Waals surface area contributed by atoms with Gasteiger partial charge in [0.05, 0.1) is 40.8 Å². The standard InChI is InChI=1S/C33H30ClN5O6/c1-6-44-29-15-21(14-26(34)31(29)45-30-12-11-22(18-35-30)39(41)42)17-36-38-32(37-27-10-8-7-9-23(27)33(38)40)25-16-24(19(2)3)28(43-5)13-20(25)4/h7-19H,6H2,1-5H3. The average Bonchev–Trinajstić information content (AvgIpc) is 3.02. The molecule has 0 fully saturated rings. The number of fused-ring (bicyclic) bond motifs is 1. The van der Waals surface area contributed by atoms with E-state index in [9.17, 15) is 14.9 Å². The third-order valence-electron chi connectivity index (χ3n) is 6.99. The number of para-hydroxylation sites is 1. The Morgan fingerprint density at radius 2 is 1.89 bits per heavy atom. The number of benzene rings is 3. The van der Waals surface area contributed by atoms with Gasteiger partial charge in [0.25, 0.3) is 11.2 Å². The van der Waals surface area contributed by atoms with E-state index in [1.54, 1.807) is 44.4 Å². The first-order chi connectivity index (χ1) is 21.6. The number of hydrogen-bond donors (Lipinski definition) is 0. The Morgan fingerprint density at radius 3 is 2.56 bits per heavy atom. The van der Waals surface area contributed by atoms with E-state index < -0.39 is 4.92 Å². The van der Waals surface area contributed by atoms with Crippen molar-refractivity contribution in [3.05, 3.63) is 109 Å². The Kier molecular flexibility index (Phi) is 9.10. The zero-order valence-corrected chi connectivity index (χ0v) is 26.0. The molecule has 0 N–H and O–H groups in total. The highest BCUT2D eigenvalue weighted by molar-refractivity contribution is 6.32. The van der Waals surface area contributed by atoms with E-state index in [1.165, 1.54) is 23.0 Å². The van der Waals surface area contributed by atoms with Crippen LogP contribution in [-0.4, -0.2) is 39.5 Å². The number of nitrogens with zero attached hydrogens (tertiary/aromatic N) is 5. The number of nitro groups is 1. The normalized spacial score (nSPS) is 11.4. The van der Waals surface area contributed by atoms with Crippen LogP contribution in [0.25, 0.3) is 22.3 Å². The van der Waals surface area contributed by atoms with Crippen LogP contribution < -0.4 is 19.8 Å². The SMILES string of the molecule is CCOc1cc(C=Nn2c(-c3cc(C(C)C)c(OC)cc3C)nc3ccccc3c2=O)cc(Cl)c1Oc1ccc([N+](=O)[O-])cn1. The van der Waals surface area contributed by atoms with Crippen LogP contribution in [0.2, 0.25) is 5.02 Å². The fourth-order valence-electron chi connectivity index (χ4n) is 4.77. The predicted octanol–water partition coefficient (Wildman–Crippen LogP) is 7.53. The molecular formula is C33H30ClN5O6. The molecule has 0 saturated carbocycles. The van der Waals surface area contributed by atoms with Gasteiger partial charge in [-0.05, 0) is 72.9 Å². The Hall–Kier alpha value is -5.29. The Bertz CT molecular complexity index is 1990. The number of rotatable bonds is 10. The number of aromatic nitrogens is 3. The summed E-state index contributed by atoms with van der Waals surface area (Å²) in [4.78, 5) is 33.1. The molecule has 3 aromatic carbocycles. The highest BCUT2D eigenvalue weighted by Gasteiger charge is 2.19. The number of pyridine rings is 1. The quantitative estimate of drug-likeness (QED) is 0.0882. The second kappa shape index (κ2) is 13.1. The number of aryl methyl sites for hydroxylation is 1. The van der Waals surface area contributed by atoms with Crippen LogP contribution in [0.5, 0.6) is 23.1 Å². The highest BCUT2D eigenvalue weighted by atomic mass is 35.5. The lowest BCUT2D eigenvalue weighted by atomic mass is 9.96. The minimum atomic E-state index is -0.551. The summed E-state index contributed by atoms with van der Waals surface area (Å²) >= 11 is 6.62. The van der Waals surface area contributed by atoms with Gasteiger partial charge in [0, 0.05) is 17.7 Å². The van der Waals surface area contributed by atoms with Gasteiger partial charge in [0.1, 0.15) is 11.9 Å². The van der Waals surface area contributed by atoms with Crippen molar-refractivity contribution in [2.75, 3.05) is 13.7 Å². The maximum atomic E-state index is 13.8. The van der Waals surface area contributed by atoms with E-state index >= 15 is 0 Å². The van der Waals surface area contributed by atoms with Crippen molar-refractivity contribution >= 4 is 34.4 Å². The molecule has 0 saturated heterocycles. The largest absolute Gasteiger partial charge is 0.496 e. The number of hydrogen-bond acceptors (Lipinski definition) is 9. The third-order valence-corrected chi connectivity index (χ3v) is 7.27. The molecule has 0 aliphatic heterocycles. The van der Waals surface area contributed by atoms with Crippen molar-refractivity contribution in [1.29, 1.82) is 0 Å². The first kappa shape index (κ1) is 31.1. The van der Waals surface area contributed by atoms with Gasteiger partial charge in [-0.1, -0.05) is 37.6 Å².